The molecule has 0 aliphatic carbocycles. The molecule has 2 aromatic rings. The van der Waals surface area contributed by atoms with Gasteiger partial charge < -0.3 is 15.3 Å². The Morgan fingerprint density at radius 3 is 2.79 bits per heavy atom. The van der Waals surface area contributed by atoms with Gasteiger partial charge in [-0.1, -0.05) is 17.7 Å². The van der Waals surface area contributed by atoms with Gasteiger partial charge in [0.1, 0.15) is 0 Å². The molecule has 0 bridgehead atoms. The zero-order valence-electron chi connectivity index (χ0n) is 14.0. The van der Waals surface area contributed by atoms with Crippen molar-refractivity contribution in [3.05, 3.63) is 52.8 Å². The molecule has 0 unspecified atom stereocenters. The van der Waals surface area contributed by atoms with Crippen LogP contribution in [-0.2, 0) is 6.54 Å². The number of aromatic nitrogens is 1. The quantitative estimate of drug-likeness (QED) is 0.863. The molecule has 1 saturated heterocycles. The van der Waals surface area contributed by atoms with Gasteiger partial charge in [0.25, 0.3) is 0 Å². The lowest BCUT2D eigenvalue weighted by molar-refractivity contribution is 0.203. The number of pyridine rings is 1. The van der Waals surface area contributed by atoms with Crippen molar-refractivity contribution in [3.63, 3.8) is 0 Å². The summed E-state index contributed by atoms with van der Waals surface area (Å²) >= 11 is 6.21. The fourth-order valence-corrected chi connectivity index (χ4v) is 3.35. The number of benzene rings is 1. The summed E-state index contributed by atoms with van der Waals surface area (Å²) in [5, 5.41) is 13.6. The highest BCUT2D eigenvalue weighted by Gasteiger charge is 2.20. The molecule has 1 aliphatic rings. The summed E-state index contributed by atoms with van der Waals surface area (Å²) in [4.78, 5) is 6.71. The first kappa shape index (κ1) is 17.1. The highest BCUT2D eigenvalue weighted by molar-refractivity contribution is 6.31. The van der Waals surface area contributed by atoms with Crippen molar-refractivity contribution in [2.45, 2.75) is 26.3 Å². The van der Waals surface area contributed by atoms with Crippen molar-refractivity contribution in [1.82, 2.24) is 4.98 Å². The number of rotatable bonds is 5. The van der Waals surface area contributed by atoms with Crippen LogP contribution >= 0.6 is 11.6 Å². The number of nitrogens with one attached hydrogen (secondary N) is 1. The van der Waals surface area contributed by atoms with E-state index in [2.05, 4.69) is 27.3 Å². The van der Waals surface area contributed by atoms with E-state index in [9.17, 15) is 5.11 Å². The SMILES string of the molecule is Cc1ncccc1CNc1cc(Cl)ccc1N1CCC(CO)CC1. The van der Waals surface area contributed by atoms with E-state index in [1.165, 1.54) is 11.3 Å². The Kier molecular flexibility index (Phi) is 5.59. The third-order valence-corrected chi connectivity index (χ3v) is 4.99. The number of halogens is 1. The second-order valence-electron chi connectivity index (χ2n) is 6.38. The van der Waals surface area contributed by atoms with Gasteiger partial charge in [0.05, 0.1) is 11.4 Å². The van der Waals surface area contributed by atoms with Crippen LogP contribution in [0.4, 0.5) is 11.4 Å². The Labute approximate surface area is 148 Å². The fourth-order valence-electron chi connectivity index (χ4n) is 3.18. The molecule has 1 fully saturated rings. The molecule has 24 heavy (non-hydrogen) atoms. The highest BCUT2D eigenvalue weighted by atomic mass is 35.5. The van der Waals surface area contributed by atoms with E-state index in [1.807, 2.05) is 31.3 Å². The number of aryl methyl sites for hydroxylation is 1. The molecular formula is C19H24ClN3O. The van der Waals surface area contributed by atoms with E-state index in [1.54, 1.807) is 0 Å². The number of nitrogens with zero attached hydrogens (tertiary/aromatic N) is 2. The van der Waals surface area contributed by atoms with Crippen molar-refractivity contribution < 1.29 is 5.11 Å². The summed E-state index contributed by atoms with van der Waals surface area (Å²) in [6.45, 7) is 4.97. The lowest BCUT2D eigenvalue weighted by Crippen LogP contribution is -2.35. The van der Waals surface area contributed by atoms with Crippen LogP contribution in [0, 0.1) is 12.8 Å². The predicted molar refractivity (Wildman–Crippen MR) is 99.8 cm³/mol. The zero-order chi connectivity index (χ0) is 16.9. The molecule has 4 nitrogen and oxygen atoms in total. The number of hydrogen-bond acceptors (Lipinski definition) is 4. The second kappa shape index (κ2) is 7.86. The molecule has 1 aromatic heterocycles. The maximum atomic E-state index is 9.32. The minimum Gasteiger partial charge on any atom is -0.396 e. The van der Waals surface area contributed by atoms with Crippen LogP contribution < -0.4 is 10.2 Å². The first-order valence-corrected chi connectivity index (χ1v) is 8.85. The largest absolute Gasteiger partial charge is 0.396 e. The van der Waals surface area contributed by atoms with Crippen LogP contribution in [-0.4, -0.2) is 29.8 Å². The van der Waals surface area contributed by atoms with Crippen LogP contribution in [0.25, 0.3) is 0 Å². The van der Waals surface area contributed by atoms with E-state index < -0.39 is 0 Å². The summed E-state index contributed by atoms with van der Waals surface area (Å²) in [6, 6.07) is 10.1. The monoisotopic (exact) mass is 345 g/mol. The summed E-state index contributed by atoms with van der Waals surface area (Å²) < 4.78 is 0. The average molecular weight is 346 g/mol. The topological polar surface area (TPSA) is 48.4 Å². The Morgan fingerprint density at radius 2 is 2.08 bits per heavy atom. The molecule has 2 heterocycles. The Hall–Kier alpha value is -1.78. The molecule has 1 aromatic carbocycles. The molecule has 0 amide bonds. The van der Waals surface area contributed by atoms with Gasteiger partial charge >= 0.3 is 0 Å². The van der Waals surface area contributed by atoms with Crippen molar-refractivity contribution >= 4 is 23.0 Å². The first-order valence-electron chi connectivity index (χ1n) is 8.47. The fraction of sp³-hybridized carbons (Fsp3) is 0.421. The van der Waals surface area contributed by atoms with Gasteiger partial charge in [-0.05, 0) is 55.5 Å². The lowest BCUT2D eigenvalue weighted by Gasteiger charge is -2.34. The van der Waals surface area contributed by atoms with Crippen LogP contribution in [0.1, 0.15) is 24.1 Å². The van der Waals surface area contributed by atoms with E-state index in [4.69, 9.17) is 11.6 Å². The Bertz CT molecular complexity index is 684. The molecule has 0 radical (unpaired) electrons. The number of aliphatic hydroxyl groups is 1. The molecule has 0 spiro atoms. The number of piperidine rings is 1. The third kappa shape index (κ3) is 4.00. The van der Waals surface area contributed by atoms with Crippen LogP contribution in [0.3, 0.4) is 0 Å². The van der Waals surface area contributed by atoms with Gasteiger partial charge in [-0.3, -0.25) is 4.98 Å². The van der Waals surface area contributed by atoms with Crippen molar-refractivity contribution in [2.24, 2.45) is 5.92 Å². The third-order valence-electron chi connectivity index (χ3n) is 4.76. The minimum atomic E-state index is 0.292. The van der Waals surface area contributed by atoms with Gasteiger partial charge in [0, 0.05) is 43.2 Å². The standard InChI is InChI=1S/C19H24ClN3O/c1-14-16(3-2-8-21-14)12-22-18-11-17(20)4-5-19(18)23-9-6-15(13-24)7-10-23/h2-5,8,11,15,22,24H,6-7,9-10,12-13H2,1H3. The molecule has 3 rings (SSSR count). The zero-order valence-corrected chi connectivity index (χ0v) is 14.8. The number of hydrogen-bond donors (Lipinski definition) is 2. The summed E-state index contributed by atoms with van der Waals surface area (Å²) in [6.07, 6.45) is 3.87. The number of aliphatic hydroxyl groups excluding tert-OH is 1. The average Bonchev–Trinajstić information content (AvgIpc) is 2.61. The van der Waals surface area contributed by atoms with Crippen molar-refractivity contribution in [2.75, 3.05) is 29.9 Å². The van der Waals surface area contributed by atoms with E-state index in [0.717, 1.165) is 48.9 Å². The second-order valence-corrected chi connectivity index (χ2v) is 6.81. The molecule has 2 N–H and O–H groups in total. The molecule has 5 heteroatoms. The maximum Gasteiger partial charge on any atom is 0.0603 e. The van der Waals surface area contributed by atoms with E-state index >= 15 is 0 Å². The predicted octanol–water partition coefficient (Wildman–Crippen LogP) is 3.86. The minimum absolute atomic E-state index is 0.292. The van der Waals surface area contributed by atoms with Crippen LogP contribution in [0.2, 0.25) is 5.02 Å². The van der Waals surface area contributed by atoms with Crippen molar-refractivity contribution in [3.8, 4) is 0 Å². The van der Waals surface area contributed by atoms with Gasteiger partial charge in [0.2, 0.25) is 0 Å². The summed E-state index contributed by atoms with van der Waals surface area (Å²) in [5.74, 6) is 0.433. The molecule has 1 aliphatic heterocycles. The van der Waals surface area contributed by atoms with Gasteiger partial charge in [-0.25, -0.2) is 0 Å². The smallest absolute Gasteiger partial charge is 0.0603 e. The highest BCUT2D eigenvalue weighted by Crippen LogP contribution is 2.32. The Morgan fingerprint density at radius 1 is 1.29 bits per heavy atom. The molecular weight excluding hydrogens is 322 g/mol. The van der Waals surface area contributed by atoms with Crippen molar-refractivity contribution in [1.29, 1.82) is 0 Å². The normalized spacial score (nSPS) is 15.5. The molecule has 0 saturated carbocycles. The van der Waals surface area contributed by atoms with Gasteiger partial charge in [-0.15, -0.1) is 0 Å². The molecule has 0 atom stereocenters. The summed E-state index contributed by atoms with van der Waals surface area (Å²) in [7, 11) is 0. The van der Waals surface area contributed by atoms with E-state index in [-0.39, 0.29) is 0 Å². The van der Waals surface area contributed by atoms with Gasteiger partial charge in [0.15, 0.2) is 0 Å². The van der Waals surface area contributed by atoms with Crippen LogP contribution in [0.15, 0.2) is 36.5 Å². The number of anilines is 2. The Balaban J connectivity index is 1.75. The van der Waals surface area contributed by atoms with E-state index in [0.29, 0.717) is 12.5 Å². The summed E-state index contributed by atoms with van der Waals surface area (Å²) in [5.41, 5.74) is 4.45. The first-order chi connectivity index (χ1) is 11.7. The molecule has 128 valence electrons. The maximum absolute atomic E-state index is 9.32. The van der Waals surface area contributed by atoms with Gasteiger partial charge in [-0.2, -0.15) is 0 Å². The lowest BCUT2D eigenvalue weighted by atomic mass is 9.97. The van der Waals surface area contributed by atoms with Crippen LogP contribution in [0.5, 0.6) is 0 Å².